The maximum atomic E-state index is 11.0. The number of aryl methyl sites for hydroxylation is 1. The average Bonchev–Trinajstić information content (AvgIpc) is 2.95. The van der Waals surface area contributed by atoms with E-state index in [0.29, 0.717) is 27.6 Å². The van der Waals surface area contributed by atoms with Crippen LogP contribution in [0.25, 0.3) is 0 Å². The first-order chi connectivity index (χ1) is 11.9. The number of rotatable bonds is 5. The van der Waals surface area contributed by atoms with E-state index in [1.54, 1.807) is 30.2 Å². The van der Waals surface area contributed by atoms with Gasteiger partial charge in [-0.2, -0.15) is 10.1 Å². The van der Waals surface area contributed by atoms with Crippen molar-refractivity contribution in [2.24, 2.45) is 7.05 Å². The standard InChI is InChI=1S/C14H11BrClN7O2/c1-22-7-10(5-18-22)20-14-17-6-12(16)13(21-14)19-9-2-8(15)3-11(4-9)23(24)25/h2-7H,1H3,(H2,17,19,20,21). The Bertz CT molecular complexity index is 947. The molecule has 1 aromatic carbocycles. The quantitative estimate of drug-likeness (QED) is 0.470. The molecule has 0 saturated carbocycles. The van der Waals surface area contributed by atoms with E-state index >= 15 is 0 Å². The molecule has 0 atom stereocenters. The number of hydrogen-bond acceptors (Lipinski definition) is 7. The fourth-order valence-electron chi connectivity index (χ4n) is 2.02. The van der Waals surface area contributed by atoms with Crippen molar-refractivity contribution in [1.29, 1.82) is 0 Å². The van der Waals surface area contributed by atoms with Crippen molar-refractivity contribution < 1.29 is 4.92 Å². The number of halogens is 2. The van der Waals surface area contributed by atoms with Gasteiger partial charge in [-0.25, -0.2) is 4.98 Å². The zero-order valence-electron chi connectivity index (χ0n) is 12.8. The molecule has 3 aromatic rings. The van der Waals surface area contributed by atoms with Gasteiger partial charge in [0.2, 0.25) is 5.95 Å². The van der Waals surface area contributed by atoms with Gasteiger partial charge in [-0.3, -0.25) is 14.8 Å². The lowest BCUT2D eigenvalue weighted by Gasteiger charge is -2.09. The number of benzene rings is 1. The van der Waals surface area contributed by atoms with Gasteiger partial charge in [0, 0.05) is 35.5 Å². The van der Waals surface area contributed by atoms with Crippen LogP contribution in [0, 0.1) is 10.1 Å². The third-order valence-corrected chi connectivity index (χ3v) is 3.80. The van der Waals surface area contributed by atoms with E-state index in [0.717, 1.165) is 0 Å². The summed E-state index contributed by atoms with van der Waals surface area (Å²) in [6, 6.07) is 4.47. The zero-order valence-corrected chi connectivity index (χ0v) is 15.1. The molecule has 0 spiro atoms. The van der Waals surface area contributed by atoms with Crippen molar-refractivity contribution in [3.63, 3.8) is 0 Å². The molecule has 0 aliphatic carbocycles. The molecule has 11 heteroatoms. The van der Waals surface area contributed by atoms with E-state index in [2.05, 4.69) is 41.6 Å². The van der Waals surface area contributed by atoms with Crippen molar-refractivity contribution in [2.75, 3.05) is 10.6 Å². The first-order valence-corrected chi connectivity index (χ1v) is 8.08. The van der Waals surface area contributed by atoms with Crippen LogP contribution in [0.4, 0.5) is 28.8 Å². The fraction of sp³-hybridized carbons (Fsp3) is 0.0714. The summed E-state index contributed by atoms with van der Waals surface area (Å²) >= 11 is 9.36. The first kappa shape index (κ1) is 17.1. The highest BCUT2D eigenvalue weighted by molar-refractivity contribution is 9.10. The number of nitrogens with one attached hydrogen (secondary N) is 2. The maximum absolute atomic E-state index is 11.0. The second-order valence-electron chi connectivity index (χ2n) is 5.00. The Morgan fingerprint density at radius 1 is 1.24 bits per heavy atom. The predicted octanol–water partition coefficient (Wildman–Crippen LogP) is 4.02. The Balaban J connectivity index is 1.87. The van der Waals surface area contributed by atoms with E-state index in [4.69, 9.17) is 11.6 Å². The molecule has 3 rings (SSSR count). The number of anilines is 4. The van der Waals surface area contributed by atoms with Gasteiger partial charge < -0.3 is 10.6 Å². The fourth-order valence-corrected chi connectivity index (χ4v) is 2.64. The van der Waals surface area contributed by atoms with E-state index in [1.165, 1.54) is 18.3 Å². The summed E-state index contributed by atoms with van der Waals surface area (Å²) in [5.74, 6) is 0.625. The van der Waals surface area contributed by atoms with Crippen LogP contribution in [-0.4, -0.2) is 24.7 Å². The van der Waals surface area contributed by atoms with Crippen molar-refractivity contribution in [2.45, 2.75) is 0 Å². The molecule has 0 saturated heterocycles. The SMILES string of the molecule is Cn1cc(Nc2ncc(Cl)c(Nc3cc(Br)cc([N+](=O)[O-])c3)n2)cn1. The van der Waals surface area contributed by atoms with Crippen LogP contribution in [-0.2, 0) is 7.05 Å². The minimum Gasteiger partial charge on any atom is -0.339 e. The summed E-state index contributed by atoms with van der Waals surface area (Å²) in [5, 5.41) is 21.3. The highest BCUT2D eigenvalue weighted by atomic mass is 79.9. The van der Waals surface area contributed by atoms with E-state index in [9.17, 15) is 10.1 Å². The molecule has 2 aromatic heterocycles. The normalized spacial score (nSPS) is 10.5. The summed E-state index contributed by atoms with van der Waals surface area (Å²) in [6.07, 6.45) is 4.83. The lowest BCUT2D eigenvalue weighted by molar-refractivity contribution is -0.384. The molecule has 0 unspecified atom stereocenters. The molecule has 0 aliphatic heterocycles. The number of aromatic nitrogens is 4. The molecule has 0 amide bonds. The smallest absolute Gasteiger partial charge is 0.272 e. The molecule has 0 aliphatic rings. The van der Waals surface area contributed by atoms with Gasteiger partial charge in [-0.15, -0.1) is 0 Å². The Morgan fingerprint density at radius 3 is 2.72 bits per heavy atom. The average molecular weight is 425 g/mol. The number of nitro benzene ring substituents is 1. The van der Waals surface area contributed by atoms with Crippen LogP contribution in [0.3, 0.4) is 0 Å². The molecular formula is C14H11BrClN7O2. The Kier molecular flexibility index (Phi) is 4.81. The van der Waals surface area contributed by atoms with Crippen LogP contribution in [0.15, 0.2) is 41.3 Å². The summed E-state index contributed by atoms with van der Waals surface area (Å²) < 4.78 is 2.20. The van der Waals surface area contributed by atoms with Crippen LogP contribution in [0.5, 0.6) is 0 Å². The second-order valence-corrected chi connectivity index (χ2v) is 6.32. The van der Waals surface area contributed by atoms with Gasteiger partial charge >= 0.3 is 0 Å². The van der Waals surface area contributed by atoms with Gasteiger partial charge in [-0.05, 0) is 6.07 Å². The highest BCUT2D eigenvalue weighted by Gasteiger charge is 2.12. The van der Waals surface area contributed by atoms with Crippen molar-refractivity contribution in [3.05, 3.63) is 56.4 Å². The summed E-state index contributed by atoms with van der Waals surface area (Å²) in [4.78, 5) is 18.9. The predicted molar refractivity (Wildman–Crippen MR) is 97.6 cm³/mol. The van der Waals surface area contributed by atoms with Crippen LogP contribution in [0.2, 0.25) is 5.02 Å². The largest absolute Gasteiger partial charge is 0.339 e. The molecule has 0 bridgehead atoms. The molecule has 9 nitrogen and oxygen atoms in total. The van der Waals surface area contributed by atoms with E-state index < -0.39 is 4.92 Å². The van der Waals surface area contributed by atoms with Gasteiger partial charge in [0.05, 0.1) is 23.0 Å². The molecule has 2 heterocycles. The van der Waals surface area contributed by atoms with E-state index in [1.807, 2.05) is 0 Å². The lowest BCUT2D eigenvalue weighted by atomic mass is 10.3. The minimum absolute atomic E-state index is 0.0595. The van der Waals surface area contributed by atoms with Gasteiger partial charge in [0.25, 0.3) is 5.69 Å². The second kappa shape index (κ2) is 7.03. The first-order valence-electron chi connectivity index (χ1n) is 6.91. The Labute approximate surface area is 155 Å². The molecule has 128 valence electrons. The van der Waals surface area contributed by atoms with Crippen molar-refractivity contribution in [3.8, 4) is 0 Å². The van der Waals surface area contributed by atoms with Gasteiger partial charge in [0.1, 0.15) is 5.02 Å². The van der Waals surface area contributed by atoms with Gasteiger partial charge in [-0.1, -0.05) is 27.5 Å². The van der Waals surface area contributed by atoms with Crippen LogP contribution in [0.1, 0.15) is 0 Å². The topological polar surface area (TPSA) is 111 Å². The third-order valence-electron chi connectivity index (χ3n) is 3.06. The number of nitro groups is 1. The molecule has 0 radical (unpaired) electrons. The molecule has 0 fully saturated rings. The zero-order chi connectivity index (χ0) is 18.0. The third kappa shape index (κ3) is 4.22. The van der Waals surface area contributed by atoms with Crippen molar-refractivity contribution >= 4 is 56.4 Å². The van der Waals surface area contributed by atoms with Crippen molar-refractivity contribution in [1.82, 2.24) is 19.7 Å². The number of hydrogen-bond donors (Lipinski definition) is 2. The summed E-state index contributed by atoms with van der Waals surface area (Å²) in [6.45, 7) is 0. The summed E-state index contributed by atoms with van der Waals surface area (Å²) in [5.41, 5.74) is 1.12. The van der Waals surface area contributed by atoms with E-state index in [-0.39, 0.29) is 10.7 Å². The summed E-state index contributed by atoms with van der Waals surface area (Å²) in [7, 11) is 1.79. The lowest BCUT2D eigenvalue weighted by Crippen LogP contribution is -2.01. The van der Waals surface area contributed by atoms with Crippen LogP contribution >= 0.6 is 27.5 Å². The molecule has 2 N–H and O–H groups in total. The highest BCUT2D eigenvalue weighted by Crippen LogP contribution is 2.29. The number of non-ortho nitro benzene ring substituents is 1. The minimum atomic E-state index is -0.479. The molecule has 25 heavy (non-hydrogen) atoms. The Hall–Kier alpha value is -2.72. The van der Waals surface area contributed by atoms with Gasteiger partial charge in [0.15, 0.2) is 5.82 Å². The Morgan fingerprint density at radius 2 is 2.04 bits per heavy atom. The molecular weight excluding hydrogens is 414 g/mol. The monoisotopic (exact) mass is 423 g/mol. The van der Waals surface area contributed by atoms with Crippen LogP contribution < -0.4 is 10.6 Å². The number of nitrogens with zero attached hydrogens (tertiary/aromatic N) is 5. The maximum Gasteiger partial charge on any atom is 0.272 e.